The second-order valence-corrected chi connectivity index (χ2v) is 23.2. The van der Waals surface area contributed by atoms with Crippen LogP contribution in [0.5, 0.6) is 0 Å². The van der Waals surface area contributed by atoms with Gasteiger partial charge in [-0.05, 0) is 206 Å². The van der Waals surface area contributed by atoms with Gasteiger partial charge in [-0.15, -0.1) is 0 Å². The molecule has 8 heterocycles. The lowest BCUT2D eigenvalue weighted by Gasteiger charge is -2.05. The summed E-state index contributed by atoms with van der Waals surface area (Å²) in [5.41, 5.74) is 0. The Morgan fingerprint density at radius 3 is 0.694 bits per heavy atom. The molecule has 30 heteroatoms. The minimum atomic E-state index is -0.505. The standard InChI is InChI=1S/2C11H16O4.2C10H14O4.2C9H12O4.2C9H12O3/c1-4-13-7-9-5-6-10(15-9)11(12)14-8(2)3;1-3-7-14-11(12)10-6-5-9(15-10)8-13-4-2;1-7(2)13-10(11)9-5-4-8(14-9)6-12-3;1-3-6-13-10(11)9-5-4-8(14-9)7-12-2;1-6(2)12-9(11)8-4-3-7(5-10)13-8;1-2-5-12-9(11)8-4-3-7(6-10)13-8;1-6(2)11-9(10)8-5-4-7(3)12-8;1-3-6-11-9(10)8-5-4-7(2)12-8/h5-6,8H,4,7H2,1-3H3;5-6H,3-4,7-8H2,1-2H3;4-5,7H,6H2,1-3H3;4-5H,3,6-7H2,1-2H3;3-4,6,10H,5H2,1-2H3;3-4,10H,2,5-6H2,1H3;4-6H,1-3H3;4-5H,3,6H2,1-2H3. The second kappa shape index (κ2) is 56.1. The molecule has 0 bridgehead atoms. The Morgan fingerprint density at radius 2 is 0.500 bits per heavy atom. The van der Waals surface area contributed by atoms with E-state index in [-0.39, 0.29) is 89.7 Å². The lowest BCUT2D eigenvalue weighted by Crippen LogP contribution is -2.10. The number of aliphatic hydroxyl groups is 2. The van der Waals surface area contributed by atoms with Gasteiger partial charge in [0.1, 0.15) is 85.7 Å². The maximum Gasteiger partial charge on any atom is 0.374 e. The lowest BCUT2D eigenvalue weighted by molar-refractivity contribution is 0.0324. The van der Waals surface area contributed by atoms with Crippen LogP contribution in [0.15, 0.2) is 132 Å². The lowest BCUT2D eigenvalue weighted by atomic mass is 10.4. The van der Waals surface area contributed by atoms with E-state index >= 15 is 0 Å². The summed E-state index contributed by atoms with van der Waals surface area (Å²) in [5, 5.41) is 17.3. The monoisotopic (exact) mass is 1520 g/mol. The highest BCUT2D eigenvalue weighted by Gasteiger charge is 2.19. The number of methoxy groups -OCH3 is 2. The van der Waals surface area contributed by atoms with Gasteiger partial charge in [0.2, 0.25) is 46.1 Å². The van der Waals surface area contributed by atoms with Gasteiger partial charge < -0.3 is 102 Å². The SMILES string of the molecule is CC(C)OC(=O)c1ccc(CO)o1.CCCOC(=O)c1ccc(C)o1.CCCOC(=O)c1ccc(CO)o1.CCCOC(=O)c1ccc(COC)o1.CCCOC(=O)c1ccc(COCC)o1.CCOCc1ccc(C(=O)OC(C)C)o1.COCc1ccc(C(=O)OC(C)C)o1.Cc1ccc(C(=O)OC(C)C)o1. The summed E-state index contributed by atoms with van der Waals surface area (Å²) >= 11 is 0. The predicted octanol–water partition coefficient (Wildman–Crippen LogP) is 15.7. The van der Waals surface area contributed by atoms with Crippen LogP contribution in [0.4, 0.5) is 0 Å². The summed E-state index contributed by atoms with van der Waals surface area (Å²) in [5.74, 6) is 2.86. The van der Waals surface area contributed by atoms with Crippen LogP contribution in [0, 0.1) is 13.8 Å². The van der Waals surface area contributed by atoms with E-state index in [4.69, 9.17) is 102 Å². The Balaban J connectivity index is 0.000000618. The van der Waals surface area contributed by atoms with Crippen LogP contribution >= 0.6 is 0 Å². The fraction of sp³-hybridized carbons (Fsp3) is 0.487. The summed E-state index contributed by atoms with van der Waals surface area (Å²) in [6.45, 7) is 33.3. The number of furan rings is 8. The second-order valence-electron chi connectivity index (χ2n) is 23.2. The van der Waals surface area contributed by atoms with Crippen molar-refractivity contribution in [3.8, 4) is 0 Å². The number of rotatable bonds is 32. The van der Waals surface area contributed by atoms with Crippen LogP contribution in [-0.4, -0.2) is 136 Å². The zero-order chi connectivity index (χ0) is 80.9. The van der Waals surface area contributed by atoms with Crippen molar-refractivity contribution in [3.63, 3.8) is 0 Å². The molecule has 8 aromatic rings. The van der Waals surface area contributed by atoms with Crippen molar-refractivity contribution in [3.05, 3.63) is 189 Å². The molecular formula is C78H108O30. The first kappa shape index (κ1) is 95.8. The van der Waals surface area contributed by atoms with Crippen LogP contribution < -0.4 is 0 Å². The first-order valence-electron chi connectivity index (χ1n) is 35.1. The van der Waals surface area contributed by atoms with Crippen LogP contribution in [0.1, 0.15) is 253 Å². The number of esters is 8. The average Bonchev–Trinajstić information content (AvgIpc) is 1.78. The van der Waals surface area contributed by atoms with Crippen LogP contribution in [0.3, 0.4) is 0 Å². The number of aryl methyl sites for hydroxylation is 2. The Hall–Kier alpha value is -10.2. The quantitative estimate of drug-likeness (QED) is 0.0292. The summed E-state index contributed by atoms with van der Waals surface area (Å²) in [6, 6.07) is 26.0. The van der Waals surface area contributed by atoms with Gasteiger partial charge in [-0.3, -0.25) is 0 Å². The summed E-state index contributed by atoms with van der Waals surface area (Å²) < 4.78 is 100. The fourth-order valence-corrected chi connectivity index (χ4v) is 7.34. The Bertz CT molecular complexity index is 3750. The molecule has 0 aliphatic rings. The zero-order valence-corrected chi connectivity index (χ0v) is 65.2. The minimum Gasteiger partial charge on any atom is -0.460 e. The molecule has 600 valence electrons. The molecule has 0 saturated heterocycles. The molecular weight excluding hydrogens is 1420 g/mol. The molecule has 8 rings (SSSR count). The Kier molecular flexibility index (Phi) is 49.7. The molecule has 0 amide bonds. The Morgan fingerprint density at radius 1 is 0.296 bits per heavy atom. The molecule has 0 spiro atoms. The van der Waals surface area contributed by atoms with Crippen molar-refractivity contribution >= 4 is 47.8 Å². The number of ether oxygens (including phenoxy) is 12. The summed E-state index contributed by atoms with van der Waals surface area (Å²) in [7, 11) is 3.13. The molecule has 0 atom stereocenters. The smallest absolute Gasteiger partial charge is 0.374 e. The van der Waals surface area contributed by atoms with Gasteiger partial charge in [-0.1, -0.05) is 27.7 Å². The van der Waals surface area contributed by atoms with Crippen molar-refractivity contribution in [2.45, 2.75) is 201 Å². The molecule has 0 unspecified atom stereocenters. The van der Waals surface area contributed by atoms with Crippen molar-refractivity contribution < 1.29 is 141 Å². The molecule has 0 radical (unpaired) electrons. The van der Waals surface area contributed by atoms with E-state index in [1.807, 2.05) is 41.5 Å². The van der Waals surface area contributed by atoms with Crippen molar-refractivity contribution in [1.82, 2.24) is 0 Å². The molecule has 0 fully saturated rings. The van der Waals surface area contributed by atoms with Crippen molar-refractivity contribution in [2.75, 3.05) is 53.9 Å². The third-order valence-corrected chi connectivity index (χ3v) is 12.0. The first-order valence-corrected chi connectivity index (χ1v) is 35.1. The van der Waals surface area contributed by atoms with E-state index in [0.717, 1.165) is 31.4 Å². The molecule has 0 aliphatic carbocycles. The number of aliphatic hydroxyl groups excluding tert-OH is 2. The zero-order valence-electron chi connectivity index (χ0n) is 65.2. The average molecular weight is 1530 g/mol. The summed E-state index contributed by atoms with van der Waals surface area (Å²) in [6.07, 6.45) is 2.65. The maximum absolute atomic E-state index is 11.4. The van der Waals surface area contributed by atoms with Gasteiger partial charge in [0.05, 0.1) is 50.8 Å². The third kappa shape index (κ3) is 41.6. The molecule has 2 N–H and O–H groups in total. The molecule has 0 saturated carbocycles. The van der Waals surface area contributed by atoms with Crippen molar-refractivity contribution in [1.29, 1.82) is 0 Å². The van der Waals surface area contributed by atoms with Crippen LogP contribution in [0.2, 0.25) is 0 Å². The van der Waals surface area contributed by atoms with E-state index in [1.54, 1.807) is 162 Å². The summed E-state index contributed by atoms with van der Waals surface area (Å²) in [4.78, 5) is 89.9. The van der Waals surface area contributed by atoms with E-state index in [9.17, 15) is 38.4 Å². The van der Waals surface area contributed by atoms with Gasteiger partial charge in [-0.2, -0.15) is 0 Å². The van der Waals surface area contributed by atoms with Crippen molar-refractivity contribution in [2.24, 2.45) is 0 Å². The number of carbonyl (C=O) groups excluding carboxylic acids is 8. The van der Waals surface area contributed by atoms with Crippen LogP contribution in [-0.2, 0) is 96.5 Å². The highest BCUT2D eigenvalue weighted by Crippen LogP contribution is 2.17. The van der Waals surface area contributed by atoms with Gasteiger partial charge in [0.25, 0.3) is 0 Å². The third-order valence-electron chi connectivity index (χ3n) is 12.0. The van der Waals surface area contributed by atoms with Gasteiger partial charge >= 0.3 is 47.8 Å². The highest BCUT2D eigenvalue weighted by molar-refractivity contribution is 5.89. The van der Waals surface area contributed by atoms with E-state index in [2.05, 4.69) is 0 Å². The highest BCUT2D eigenvalue weighted by atomic mass is 16.6. The number of hydrogen-bond donors (Lipinski definition) is 2. The number of hydrogen-bond acceptors (Lipinski definition) is 30. The molecule has 8 aromatic heterocycles. The van der Waals surface area contributed by atoms with Gasteiger partial charge in [-0.25, -0.2) is 38.4 Å². The maximum atomic E-state index is 11.4. The molecule has 0 aromatic carbocycles. The Labute approximate surface area is 629 Å². The largest absolute Gasteiger partial charge is 0.460 e. The van der Waals surface area contributed by atoms with Gasteiger partial charge in [0, 0.05) is 27.4 Å². The fourth-order valence-electron chi connectivity index (χ4n) is 7.34. The molecule has 30 nitrogen and oxygen atoms in total. The first-order chi connectivity index (χ1) is 51.5. The number of carbonyl (C=O) groups is 8. The van der Waals surface area contributed by atoms with E-state index in [1.165, 1.54) is 18.2 Å². The minimum absolute atomic E-state index is 0.108. The molecule has 108 heavy (non-hydrogen) atoms. The van der Waals surface area contributed by atoms with E-state index < -0.39 is 41.8 Å². The van der Waals surface area contributed by atoms with E-state index in [0.29, 0.717) is 106 Å². The molecule has 0 aliphatic heterocycles. The topological polar surface area (TPSA) is 393 Å². The van der Waals surface area contributed by atoms with Crippen LogP contribution in [0.25, 0.3) is 0 Å². The van der Waals surface area contributed by atoms with Gasteiger partial charge in [0.15, 0.2) is 0 Å². The normalized spacial score (nSPS) is 10.3. The predicted molar refractivity (Wildman–Crippen MR) is 388 cm³/mol.